The number of nitrogens with zero attached hydrogens (tertiary/aromatic N) is 3. The first-order chi connectivity index (χ1) is 7.77. The van der Waals surface area contributed by atoms with Gasteiger partial charge in [-0.05, 0) is 12.8 Å². The maximum atomic E-state index is 6.06. The van der Waals surface area contributed by atoms with Crippen molar-refractivity contribution in [2.45, 2.75) is 45.0 Å². The van der Waals surface area contributed by atoms with Crippen LogP contribution in [-0.4, -0.2) is 28.2 Å². The van der Waals surface area contributed by atoms with Gasteiger partial charge in [-0.25, -0.2) is 4.68 Å². The largest absolute Gasteiger partial charge is 0.380 e. The fourth-order valence-corrected chi connectivity index (χ4v) is 1.38. The van der Waals surface area contributed by atoms with E-state index in [0.717, 1.165) is 38.1 Å². The third-order valence-electron chi connectivity index (χ3n) is 2.34. The molecule has 0 aliphatic carbocycles. The van der Waals surface area contributed by atoms with Crippen LogP contribution in [0.3, 0.4) is 0 Å². The Morgan fingerprint density at radius 1 is 1.44 bits per heavy atom. The van der Waals surface area contributed by atoms with Crippen molar-refractivity contribution in [2.24, 2.45) is 0 Å². The maximum Gasteiger partial charge on any atom is 0.100 e. The average Bonchev–Trinajstić information content (AvgIpc) is 2.76. The summed E-state index contributed by atoms with van der Waals surface area (Å²) in [6.45, 7) is 6.43. The van der Waals surface area contributed by atoms with Crippen molar-refractivity contribution in [2.75, 3.05) is 13.2 Å². The van der Waals surface area contributed by atoms with Crippen LogP contribution in [0.1, 0.15) is 44.2 Å². The van der Waals surface area contributed by atoms with E-state index in [9.17, 15) is 0 Å². The van der Waals surface area contributed by atoms with Crippen molar-refractivity contribution in [3.05, 3.63) is 11.9 Å². The number of hydrogen-bond donors (Lipinski definition) is 0. The molecule has 16 heavy (non-hydrogen) atoms. The van der Waals surface area contributed by atoms with Gasteiger partial charge < -0.3 is 4.74 Å². The third kappa shape index (κ3) is 4.49. The lowest BCUT2D eigenvalue weighted by atomic mass is 10.3. The van der Waals surface area contributed by atoms with Crippen molar-refractivity contribution in [3.63, 3.8) is 0 Å². The molecule has 1 aromatic rings. The van der Waals surface area contributed by atoms with Crippen molar-refractivity contribution in [3.8, 4) is 0 Å². The minimum absolute atomic E-state index is 0.0326. The Labute approximate surface area is 102 Å². The molecule has 0 bridgehead atoms. The number of unbranched alkanes of at least 4 members (excludes halogenated alkanes) is 1. The van der Waals surface area contributed by atoms with E-state index < -0.39 is 0 Å². The number of halogens is 1. The van der Waals surface area contributed by atoms with E-state index in [4.69, 9.17) is 16.3 Å². The number of aromatic nitrogens is 3. The highest BCUT2D eigenvalue weighted by Crippen LogP contribution is 2.20. The molecule has 1 rings (SSSR count). The summed E-state index contributed by atoms with van der Waals surface area (Å²) in [5, 5.41) is 8.00. The van der Waals surface area contributed by atoms with Crippen LogP contribution in [0, 0.1) is 0 Å². The predicted molar refractivity (Wildman–Crippen MR) is 64.6 cm³/mol. The molecular formula is C11H20ClN3O. The third-order valence-corrected chi connectivity index (χ3v) is 2.87. The zero-order chi connectivity index (χ0) is 11.8. The van der Waals surface area contributed by atoms with Gasteiger partial charge in [0.05, 0.1) is 24.7 Å². The summed E-state index contributed by atoms with van der Waals surface area (Å²) in [6.07, 6.45) is 5.04. The molecule has 0 saturated carbocycles. The second-order valence-corrected chi connectivity index (χ2v) is 4.28. The second-order valence-electron chi connectivity index (χ2n) is 3.75. The SMILES string of the molecule is CCCCOCCn1cc(C(Cl)CC)nn1. The molecule has 0 N–H and O–H groups in total. The Morgan fingerprint density at radius 3 is 2.94 bits per heavy atom. The zero-order valence-electron chi connectivity index (χ0n) is 10.0. The summed E-state index contributed by atoms with van der Waals surface area (Å²) < 4.78 is 7.24. The Kier molecular flexibility index (Phi) is 6.42. The van der Waals surface area contributed by atoms with E-state index in [-0.39, 0.29) is 5.38 Å². The monoisotopic (exact) mass is 245 g/mol. The first kappa shape index (κ1) is 13.5. The van der Waals surface area contributed by atoms with Gasteiger partial charge in [0.15, 0.2) is 0 Å². The number of hydrogen-bond acceptors (Lipinski definition) is 3. The molecule has 1 aromatic heterocycles. The minimum atomic E-state index is -0.0326. The first-order valence-electron chi connectivity index (χ1n) is 5.89. The molecule has 4 nitrogen and oxygen atoms in total. The molecule has 0 fully saturated rings. The lowest BCUT2D eigenvalue weighted by molar-refractivity contribution is 0.120. The lowest BCUT2D eigenvalue weighted by Gasteiger charge is -2.02. The fraction of sp³-hybridized carbons (Fsp3) is 0.818. The van der Waals surface area contributed by atoms with Gasteiger partial charge in [0.25, 0.3) is 0 Å². The molecule has 0 spiro atoms. The minimum Gasteiger partial charge on any atom is -0.380 e. The summed E-state index contributed by atoms with van der Waals surface area (Å²) in [5.41, 5.74) is 0.845. The summed E-state index contributed by atoms with van der Waals surface area (Å²) in [6, 6.07) is 0. The van der Waals surface area contributed by atoms with Crippen molar-refractivity contribution in [1.29, 1.82) is 0 Å². The van der Waals surface area contributed by atoms with Gasteiger partial charge in [-0.15, -0.1) is 16.7 Å². The van der Waals surface area contributed by atoms with E-state index in [1.54, 1.807) is 4.68 Å². The van der Waals surface area contributed by atoms with Crippen molar-refractivity contribution in [1.82, 2.24) is 15.0 Å². The Morgan fingerprint density at radius 2 is 2.25 bits per heavy atom. The quantitative estimate of drug-likeness (QED) is 0.522. The van der Waals surface area contributed by atoms with Crippen LogP contribution in [0.15, 0.2) is 6.20 Å². The molecule has 1 atom stereocenters. The van der Waals surface area contributed by atoms with Crippen LogP contribution in [0.5, 0.6) is 0 Å². The molecule has 92 valence electrons. The summed E-state index contributed by atoms with van der Waals surface area (Å²) in [5.74, 6) is 0. The maximum absolute atomic E-state index is 6.06. The van der Waals surface area contributed by atoms with Gasteiger partial charge in [-0.1, -0.05) is 25.5 Å². The molecule has 0 aromatic carbocycles. The Balaban J connectivity index is 2.24. The van der Waals surface area contributed by atoms with Gasteiger partial charge in [-0.3, -0.25) is 0 Å². The molecular weight excluding hydrogens is 226 g/mol. The van der Waals surface area contributed by atoms with Crippen LogP contribution < -0.4 is 0 Å². The van der Waals surface area contributed by atoms with E-state index in [1.807, 2.05) is 13.1 Å². The van der Waals surface area contributed by atoms with Gasteiger partial charge in [-0.2, -0.15) is 0 Å². The van der Waals surface area contributed by atoms with E-state index in [0.29, 0.717) is 6.61 Å². The fourth-order valence-electron chi connectivity index (χ4n) is 1.28. The Hall–Kier alpha value is -0.610. The first-order valence-corrected chi connectivity index (χ1v) is 6.33. The molecule has 0 amide bonds. The smallest absolute Gasteiger partial charge is 0.100 e. The van der Waals surface area contributed by atoms with Crippen LogP contribution in [0.25, 0.3) is 0 Å². The number of alkyl halides is 1. The topological polar surface area (TPSA) is 39.9 Å². The normalized spacial score (nSPS) is 12.9. The van der Waals surface area contributed by atoms with Gasteiger partial charge in [0.1, 0.15) is 5.69 Å². The molecule has 5 heteroatoms. The molecule has 1 unspecified atom stereocenters. The highest BCUT2D eigenvalue weighted by molar-refractivity contribution is 6.20. The standard InChI is InChI=1S/C11H20ClN3O/c1-3-5-7-16-8-6-15-9-11(13-14-15)10(12)4-2/h9-10H,3-8H2,1-2H3. The molecule has 1 heterocycles. The van der Waals surface area contributed by atoms with Crippen molar-refractivity contribution < 1.29 is 4.74 Å². The average molecular weight is 246 g/mol. The molecule has 0 saturated heterocycles. The van der Waals surface area contributed by atoms with Crippen LogP contribution >= 0.6 is 11.6 Å². The van der Waals surface area contributed by atoms with Crippen LogP contribution in [0.4, 0.5) is 0 Å². The van der Waals surface area contributed by atoms with Crippen LogP contribution in [0.2, 0.25) is 0 Å². The predicted octanol–water partition coefficient (Wildman–Crippen LogP) is 2.78. The number of rotatable bonds is 8. The van der Waals surface area contributed by atoms with Crippen LogP contribution in [-0.2, 0) is 11.3 Å². The molecule has 0 aliphatic rings. The van der Waals surface area contributed by atoms with E-state index in [2.05, 4.69) is 17.2 Å². The van der Waals surface area contributed by atoms with Gasteiger partial charge in [0, 0.05) is 6.61 Å². The Bertz CT molecular complexity index is 291. The van der Waals surface area contributed by atoms with Gasteiger partial charge >= 0.3 is 0 Å². The highest BCUT2D eigenvalue weighted by Gasteiger charge is 2.09. The summed E-state index contributed by atoms with van der Waals surface area (Å²) in [4.78, 5) is 0. The van der Waals surface area contributed by atoms with Gasteiger partial charge in [0.2, 0.25) is 0 Å². The lowest BCUT2D eigenvalue weighted by Crippen LogP contribution is -2.07. The van der Waals surface area contributed by atoms with E-state index in [1.165, 1.54) is 0 Å². The summed E-state index contributed by atoms with van der Waals surface area (Å²) in [7, 11) is 0. The number of ether oxygens (including phenoxy) is 1. The van der Waals surface area contributed by atoms with Crippen molar-refractivity contribution >= 4 is 11.6 Å². The second kappa shape index (κ2) is 7.63. The molecule has 0 aliphatic heterocycles. The van der Waals surface area contributed by atoms with E-state index >= 15 is 0 Å². The highest BCUT2D eigenvalue weighted by atomic mass is 35.5. The molecule has 0 radical (unpaired) electrons. The zero-order valence-corrected chi connectivity index (χ0v) is 10.8. The summed E-state index contributed by atoms with van der Waals surface area (Å²) >= 11 is 6.06.